The Kier molecular flexibility index (Phi) is 12.5. The van der Waals surface area contributed by atoms with Crippen LogP contribution in [0, 0.1) is 5.92 Å². The molecule has 3 N–H and O–H groups in total. The van der Waals surface area contributed by atoms with Gasteiger partial charge in [0, 0.05) is 19.1 Å². The molecule has 3 amide bonds. The van der Waals surface area contributed by atoms with Crippen LogP contribution < -0.4 is 16.0 Å². The molecule has 220 valence electrons. The largest absolute Gasteiger partial charge is 0.345 e. The Morgan fingerprint density at radius 3 is 2.26 bits per heavy atom. The van der Waals surface area contributed by atoms with E-state index >= 15 is 0 Å². The van der Waals surface area contributed by atoms with Gasteiger partial charge in [0.05, 0.1) is 11.6 Å². The average molecular weight is 585 g/mol. The summed E-state index contributed by atoms with van der Waals surface area (Å²) in [6, 6.07) is 8.62. The third kappa shape index (κ3) is 7.87. The Hall–Kier alpha value is -1.87. The van der Waals surface area contributed by atoms with Crippen LogP contribution in [0.2, 0.25) is 0 Å². The molecule has 8 nitrogen and oxygen atoms in total. The second-order valence-electron chi connectivity index (χ2n) is 11.7. The molecular formula is C29H47Cl2N5O3. The van der Waals surface area contributed by atoms with Crippen molar-refractivity contribution >= 4 is 42.5 Å². The van der Waals surface area contributed by atoms with Gasteiger partial charge in [-0.2, -0.15) is 0 Å². The quantitative estimate of drug-likeness (QED) is 0.437. The number of piperazine rings is 1. The number of likely N-dealkylation sites (N-methyl/N-ethyl adjacent to an activating group) is 1. The van der Waals surface area contributed by atoms with E-state index in [0.717, 1.165) is 50.6 Å². The molecule has 1 aliphatic carbocycles. The van der Waals surface area contributed by atoms with Crippen LogP contribution in [0.1, 0.15) is 71.3 Å². The van der Waals surface area contributed by atoms with Crippen LogP contribution in [0.15, 0.2) is 30.3 Å². The molecule has 2 saturated heterocycles. The summed E-state index contributed by atoms with van der Waals surface area (Å²) in [6.45, 7) is 7.82. The molecule has 2 aliphatic heterocycles. The normalized spacial score (nSPS) is 23.4. The van der Waals surface area contributed by atoms with Crippen LogP contribution in [-0.2, 0) is 19.9 Å². The van der Waals surface area contributed by atoms with E-state index in [-0.39, 0.29) is 54.5 Å². The lowest BCUT2D eigenvalue weighted by atomic mass is 9.82. The van der Waals surface area contributed by atoms with Crippen molar-refractivity contribution in [3.05, 3.63) is 35.9 Å². The molecule has 0 spiro atoms. The summed E-state index contributed by atoms with van der Waals surface area (Å²) in [4.78, 5) is 45.2. The summed E-state index contributed by atoms with van der Waals surface area (Å²) in [5, 5.41) is 9.31. The van der Waals surface area contributed by atoms with Gasteiger partial charge in [0.2, 0.25) is 17.7 Å². The monoisotopic (exact) mass is 583 g/mol. The molecule has 3 fully saturated rings. The van der Waals surface area contributed by atoms with E-state index in [2.05, 4.69) is 20.9 Å². The maximum atomic E-state index is 14.3. The van der Waals surface area contributed by atoms with E-state index in [0.29, 0.717) is 13.1 Å². The minimum Gasteiger partial charge on any atom is -0.345 e. The van der Waals surface area contributed by atoms with E-state index < -0.39 is 23.7 Å². The Bertz CT molecular complexity index is 958. The van der Waals surface area contributed by atoms with Gasteiger partial charge in [-0.1, -0.05) is 49.6 Å². The van der Waals surface area contributed by atoms with Gasteiger partial charge in [0.25, 0.3) is 0 Å². The minimum atomic E-state index is -0.603. The first kappa shape index (κ1) is 33.3. The van der Waals surface area contributed by atoms with Crippen LogP contribution in [0.3, 0.4) is 0 Å². The van der Waals surface area contributed by atoms with Crippen molar-refractivity contribution in [2.24, 2.45) is 5.92 Å². The van der Waals surface area contributed by atoms with Gasteiger partial charge < -0.3 is 20.9 Å². The smallest absolute Gasteiger partial charge is 0.246 e. The number of nitrogens with zero attached hydrogens (tertiary/aromatic N) is 2. The Balaban J connectivity index is 0.00000267. The van der Waals surface area contributed by atoms with Crippen molar-refractivity contribution in [2.75, 3.05) is 26.7 Å². The van der Waals surface area contributed by atoms with Gasteiger partial charge in [-0.3, -0.25) is 19.3 Å². The minimum absolute atomic E-state index is 0. The molecule has 0 unspecified atom stereocenters. The number of carbonyl (C=O) groups excluding carboxylic acids is 3. The second-order valence-corrected chi connectivity index (χ2v) is 11.7. The number of rotatable bonds is 8. The molecule has 2 heterocycles. The number of benzene rings is 1. The highest BCUT2D eigenvalue weighted by atomic mass is 35.5. The number of amides is 3. The Labute approximate surface area is 246 Å². The van der Waals surface area contributed by atoms with Crippen molar-refractivity contribution in [2.45, 2.75) is 95.4 Å². The predicted octanol–water partition coefficient (Wildman–Crippen LogP) is 3.23. The summed E-state index contributed by atoms with van der Waals surface area (Å²) in [6.07, 6.45) is 7.26. The van der Waals surface area contributed by atoms with Crippen molar-refractivity contribution in [3.8, 4) is 0 Å². The third-order valence-corrected chi connectivity index (χ3v) is 8.72. The molecule has 3 aliphatic rings. The Morgan fingerprint density at radius 2 is 1.62 bits per heavy atom. The molecule has 0 aromatic heterocycles. The van der Waals surface area contributed by atoms with E-state index in [9.17, 15) is 14.4 Å². The standard InChI is InChI=1S/C29H45N5O3.2ClH/c1-20(30-4)26(35)31-25(21-12-7-5-8-13-21)28(37)34-18-23-16-11-17-33(23)19-24(34)27(36)32-29(2,3)22-14-9-6-10-15-22;;/h6,9-10,14-15,20-21,23-25,30H,5,7-8,11-13,16-19H2,1-4H3,(H,31,35)(H,32,36);2*1H/t20-,23+,24-,25-;;/m0../s1. The fourth-order valence-corrected chi connectivity index (χ4v) is 6.24. The zero-order chi connectivity index (χ0) is 26.6. The first-order valence-corrected chi connectivity index (χ1v) is 14.1. The van der Waals surface area contributed by atoms with Gasteiger partial charge in [0.15, 0.2) is 0 Å². The maximum Gasteiger partial charge on any atom is 0.246 e. The van der Waals surface area contributed by atoms with Crippen LogP contribution in [-0.4, -0.2) is 78.4 Å². The molecule has 1 saturated carbocycles. The molecular weight excluding hydrogens is 537 g/mol. The molecule has 1 aromatic rings. The number of hydrogen-bond acceptors (Lipinski definition) is 5. The van der Waals surface area contributed by atoms with Crippen LogP contribution in [0.5, 0.6) is 0 Å². The molecule has 0 bridgehead atoms. The van der Waals surface area contributed by atoms with Gasteiger partial charge in [-0.15, -0.1) is 24.8 Å². The van der Waals surface area contributed by atoms with Crippen LogP contribution in [0.25, 0.3) is 0 Å². The highest BCUT2D eigenvalue weighted by Gasteiger charge is 2.46. The van der Waals surface area contributed by atoms with Crippen LogP contribution >= 0.6 is 24.8 Å². The zero-order valence-corrected chi connectivity index (χ0v) is 25.4. The summed E-state index contributed by atoms with van der Waals surface area (Å²) < 4.78 is 0. The topological polar surface area (TPSA) is 93.8 Å². The van der Waals surface area contributed by atoms with Crippen molar-refractivity contribution in [1.29, 1.82) is 0 Å². The predicted molar refractivity (Wildman–Crippen MR) is 159 cm³/mol. The molecule has 0 radical (unpaired) electrons. The van der Waals surface area contributed by atoms with Gasteiger partial charge in [0.1, 0.15) is 12.1 Å². The summed E-state index contributed by atoms with van der Waals surface area (Å²) in [5.41, 5.74) is 0.443. The lowest BCUT2D eigenvalue weighted by molar-refractivity contribution is -0.150. The maximum absolute atomic E-state index is 14.3. The SMILES string of the molecule is CN[C@@H](C)C(=O)N[C@H](C(=O)N1C[C@H]2CCCN2C[C@H]1C(=O)NC(C)(C)c1ccccc1)C1CCCCC1.Cl.Cl. The van der Waals surface area contributed by atoms with E-state index in [1.165, 1.54) is 6.42 Å². The third-order valence-electron chi connectivity index (χ3n) is 8.72. The second kappa shape index (κ2) is 14.7. The van der Waals surface area contributed by atoms with E-state index in [1.807, 2.05) is 44.2 Å². The fraction of sp³-hybridized carbons (Fsp3) is 0.690. The van der Waals surface area contributed by atoms with Crippen molar-refractivity contribution in [3.63, 3.8) is 0 Å². The molecule has 4 rings (SSSR count). The number of carbonyl (C=O) groups is 3. The molecule has 39 heavy (non-hydrogen) atoms. The summed E-state index contributed by atoms with van der Waals surface area (Å²) >= 11 is 0. The van der Waals surface area contributed by atoms with Gasteiger partial charge in [-0.05, 0) is 71.5 Å². The Morgan fingerprint density at radius 1 is 0.949 bits per heavy atom. The molecule has 4 atom stereocenters. The number of halogens is 2. The van der Waals surface area contributed by atoms with Crippen molar-refractivity contribution < 1.29 is 14.4 Å². The fourth-order valence-electron chi connectivity index (χ4n) is 6.24. The van der Waals surface area contributed by atoms with Crippen molar-refractivity contribution in [1.82, 2.24) is 25.8 Å². The van der Waals surface area contributed by atoms with E-state index in [4.69, 9.17) is 0 Å². The highest BCUT2D eigenvalue weighted by Crippen LogP contribution is 2.31. The summed E-state index contributed by atoms with van der Waals surface area (Å²) in [7, 11) is 1.75. The average Bonchev–Trinajstić information content (AvgIpc) is 3.38. The number of nitrogens with one attached hydrogen (secondary N) is 3. The van der Waals surface area contributed by atoms with E-state index in [1.54, 1.807) is 18.9 Å². The van der Waals surface area contributed by atoms with Gasteiger partial charge in [-0.25, -0.2) is 0 Å². The summed E-state index contributed by atoms with van der Waals surface area (Å²) in [5.74, 6) is -0.310. The highest BCUT2D eigenvalue weighted by molar-refractivity contribution is 5.93. The molecule has 10 heteroatoms. The first-order chi connectivity index (χ1) is 17.7. The number of hydrogen-bond donors (Lipinski definition) is 3. The zero-order valence-electron chi connectivity index (χ0n) is 23.8. The lowest BCUT2D eigenvalue weighted by Gasteiger charge is -2.46. The first-order valence-electron chi connectivity index (χ1n) is 14.1. The van der Waals surface area contributed by atoms with Crippen LogP contribution in [0.4, 0.5) is 0 Å². The number of fused-ring (bicyclic) bond motifs is 1. The lowest BCUT2D eigenvalue weighted by Crippen LogP contribution is -2.67. The van der Waals surface area contributed by atoms with Gasteiger partial charge >= 0.3 is 0 Å². The molecule has 1 aromatic carbocycles.